The number of nitrogens with one attached hydrogen (secondary N) is 1. The van der Waals surface area contributed by atoms with Gasteiger partial charge < -0.3 is 10.2 Å². The lowest BCUT2D eigenvalue weighted by atomic mass is 10.1. The quantitative estimate of drug-likeness (QED) is 0.886. The van der Waals surface area contributed by atoms with Gasteiger partial charge in [-0.2, -0.15) is 0 Å². The molecule has 2 heteroatoms. The van der Waals surface area contributed by atoms with Gasteiger partial charge in [-0.25, -0.2) is 0 Å². The molecule has 0 radical (unpaired) electrons. The van der Waals surface area contributed by atoms with Crippen molar-refractivity contribution in [3.63, 3.8) is 0 Å². The van der Waals surface area contributed by atoms with Gasteiger partial charge in [-0.05, 0) is 61.6 Å². The fourth-order valence-electron chi connectivity index (χ4n) is 2.98. The average Bonchev–Trinajstić information content (AvgIpc) is 3.03. The van der Waals surface area contributed by atoms with E-state index in [0.29, 0.717) is 0 Å². The second kappa shape index (κ2) is 6.21. The third-order valence-corrected chi connectivity index (χ3v) is 4.43. The maximum absolute atomic E-state index is 3.57. The third kappa shape index (κ3) is 3.21. The zero-order valence-corrected chi connectivity index (χ0v) is 13.0. The van der Waals surface area contributed by atoms with Gasteiger partial charge in [-0.15, -0.1) is 0 Å². The highest BCUT2D eigenvalue weighted by atomic mass is 15.1. The summed E-state index contributed by atoms with van der Waals surface area (Å²) in [5, 5.41) is 3.57. The Labute approximate surface area is 127 Å². The summed E-state index contributed by atoms with van der Waals surface area (Å²) in [4.78, 5) is 2.51. The second-order valence-electron chi connectivity index (χ2n) is 5.98. The van der Waals surface area contributed by atoms with Gasteiger partial charge in [-0.1, -0.05) is 24.3 Å². The summed E-state index contributed by atoms with van der Waals surface area (Å²) in [5.74, 6) is 0. The van der Waals surface area contributed by atoms with Crippen molar-refractivity contribution in [3.05, 3.63) is 59.2 Å². The van der Waals surface area contributed by atoms with Crippen molar-refractivity contribution in [3.8, 4) is 0 Å². The lowest BCUT2D eigenvalue weighted by molar-refractivity contribution is 0.949. The highest BCUT2D eigenvalue weighted by Gasteiger charge is 2.14. The molecule has 3 rings (SSSR count). The highest BCUT2D eigenvalue weighted by molar-refractivity contribution is 5.56. The zero-order valence-electron chi connectivity index (χ0n) is 13.0. The summed E-state index contributed by atoms with van der Waals surface area (Å²) in [6, 6.07) is 15.4. The van der Waals surface area contributed by atoms with E-state index in [1.165, 1.54) is 54.0 Å². The van der Waals surface area contributed by atoms with E-state index in [4.69, 9.17) is 0 Å². The molecule has 0 atom stereocenters. The topological polar surface area (TPSA) is 15.3 Å². The summed E-state index contributed by atoms with van der Waals surface area (Å²) in [7, 11) is 0. The lowest BCUT2D eigenvalue weighted by Crippen LogP contribution is -2.19. The molecule has 0 bridgehead atoms. The van der Waals surface area contributed by atoms with Crippen LogP contribution in [0.4, 0.5) is 11.4 Å². The van der Waals surface area contributed by atoms with Gasteiger partial charge in [-0.3, -0.25) is 0 Å². The van der Waals surface area contributed by atoms with Crippen LogP contribution in [0.25, 0.3) is 0 Å². The first-order chi connectivity index (χ1) is 10.2. The van der Waals surface area contributed by atoms with Crippen LogP contribution in [0, 0.1) is 13.8 Å². The minimum atomic E-state index is 0.884. The van der Waals surface area contributed by atoms with E-state index in [9.17, 15) is 0 Å². The molecule has 1 heterocycles. The SMILES string of the molecule is Cc1ccc(NCc2ccccc2N2CCCC2)cc1C. The van der Waals surface area contributed by atoms with Crippen molar-refractivity contribution in [1.82, 2.24) is 0 Å². The molecule has 1 fully saturated rings. The first kappa shape index (κ1) is 14.0. The van der Waals surface area contributed by atoms with Crippen LogP contribution in [-0.4, -0.2) is 13.1 Å². The molecule has 0 saturated carbocycles. The first-order valence-electron chi connectivity index (χ1n) is 7.88. The second-order valence-corrected chi connectivity index (χ2v) is 5.98. The van der Waals surface area contributed by atoms with E-state index < -0.39 is 0 Å². The smallest absolute Gasteiger partial charge is 0.0421 e. The van der Waals surface area contributed by atoms with Gasteiger partial charge in [0.25, 0.3) is 0 Å². The molecule has 21 heavy (non-hydrogen) atoms. The molecule has 0 unspecified atom stereocenters. The van der Waals surface area contributed by atoms with Crippen molar-refractivity contribution in [2.75, 3.05) is 23.3 Å². The highest BCUT2D eigenvalue weighted by Crippen LogP contribution is 2.25. The van der Waals surface area contributed by atoms with Crippen LogP contribution in [0.2, 0.25) is 0 Å². The van der Waals surface area contributed by atoms with Crippen LogP contribution >= 0.6 is 0 Å². The Bertz CT molecular complexity index is 613. The van der Waals surface area contributed by atoms with Crippen molar-refractivity contribution < 1.29 is 0 Å². The minimum absolute atomic E-state index is 0.884. The molecule has 0 aromatic heterocycles. The minimum Gasteiger partial charge on any atom is -0.381 e. The van der Waals surface area contributed by atoms with Crippen LogP contribution < -0.4 is 10.2 Å². The summed E-state index contributed by atoms with van der Waals surface area (Å²) < 4.78 is 0. The molecule has 1 saturated heterocycles. The number of rotatable bonds is 4. The first-order valence-corrected chi connectivity index (χ1v) is 7.88. The average molecular weight is 280 g/mol. The normalized spacial score (nSPS) is 14.5. The number of hydrogen-bond donors (Lipinski definition) is 1. The van der Waals surface area contributed by atoms with E-state index in [1.54, 1.807) is 0 Å². The van der Waals surface area contributed by atoms with E-state index in [1.807, 2.05) is 0 Å². The number of para-hydroxylation sites is 1. The lowest BCUT2D eigenvalue weighted by Gasteiger charge is -2.21. The summed E-state index contributed by atoms with van der Waals surface area (Å²) in [5.41, 5.74) is 6.67. The monoisotopic (exact) mass is 280 g/mol. The fraction of sp³-hybridized carbons (Fsp3) is 0.368. The predicted molar refractivity (Wildman–Crippen MR) is 91.1 cm³/mol. The maximum Gasteiger partial charge on any atom is 0.0421 e. The Morgan fingerprint density at radius 3 is 2.48 bits per heavy atom. The maximum atomic E-state index is 3.57. The van der Waals surface area contributed by atoms with Gasteiger partial charge in [0.1, 0.15) is 0 Å². The number of hydrogen-bond acceptors (Lipinski definition) is 2. The van der Waals surface area contributed by atoms with Crippen LogP contribution in [-0.2, 0) is 6.54 Å². The number of anilines is 2. The van der Waals surface area contributed by atoms with Crippen LogP contribution in [0.15, 0.2) is 42.5 Å². The summed E-state index contributed by atoms with van der Waals surface area (Å²) in [6.07, 6.45) is 2.64. The number of aryl methyl sites for hydroxylation is 2. The molecule has 2 nitrogen and oxygen atoms in total. The van der Waals surface area contributed by atoms with Gasteiger partial charge in [0, 0.05) is 31.0 Å². The van der Waals surface area contributed by atoms with E-state index >= 15 is 0 Å². The summed E-state index contributed by atoms with van der Waals surface area (Å²) in [6.45, 7) is 7.59. The number of benzene rings is 2. The molecular formula is C19H24N2. The fourth-order valence-corrected chi connectivity index (χ4v) is 2.98. The van der Waals surface area contributed by atoms with Crippen molar-refractivity contribution in [2.24, 2.45) is 0 Å². The number of nitrogens with zero attached hydrogens (tertiary/aromatic N) is 1. The largest absolute Gasteiger partial charge is 0.381 e. The van der Waals surface area contributed by atoms with Gasteiger partial charge in [0.15, 0.2) is 0 Å². The molecule has 0 spiro atoms. The zero-order chi connectivity index (χ0) is 14.7. The Kier molecular flexibility index (Phi) is 4.14. The van der Waals surface area contributed by atoms with E-state index in [0.717, 1.165) is 6.54 Å². The van der Waals surface area contributed by atoms with Gasteiger partial charge >= 0.3 is 0 Å². The van der Waals surface area contributed by atoms with Crippen LogP contribution in [0.3, 0.4) is 0 Å². The Morgan fingerprint density at radius 2 is 1.71 bits per heavy atom. The molecule has 110 valence electrons. The Hall–Kier alpha value is -1.96. The molecule has 0 aliphatic carbocycles. The third-order valence-electron chi connectivity index (χ3n) is 4.43. The molecule has 1 N–H and O–H groups in total. The molecule has 0 amide bonds. The van der Waals surface area contributed by atoms with Gasteiger partial charge in [0.2, 0.25) is 0 Å². The summed E-state index contributed by atoms with van der Waals surface area (Å²) >= 11 is 0. The predicted octanol–water partition coefficient (Wildman–Crippen LogP) is 4.52. The Balaban J connectivity index is 1.74. The molecule has 1 aliphatic heterocycles. The Morgan fingerprint density at radius 1 is 0.952 bits per heavy atom. The van der Waals surface area contributed by atoms with Crippen LogP contribution in [0.5, 0.6) is 0 Å². The van der Waals surface area contributed by atoms with Crippen molar-refractivity contribution in [1.29, 1.82) is 0 Å². The van der Waals surface area contributed by atoms with Crippen molar-refractivity contribution >= 4 is 11.4 Å². The molecular weight excluding hydrogens is 256 g/mol. The molecule has 2 aromatic rings. The van der Waals surface area contributed by atoms with Crippen molar-refractivity contribution in [2.45, 2.75) is 33.2 Å². The standard InChI is InChI=1S/C19H24N2/c1-15-9-10-18(13-16(15)2)20-14-17-7-3-4-8-19(17)21-11-5-6-12-21/h3-4,7-10,13,20H,5-6,11-12,14H2,1-2H3. The molecule has 1 aliphatic rings. The van der Waals surface area contributed by atoms with Gasteiger partial charge in [0.05, 0.1) is 0 Å². The van der Waals surface area contributed by atoms with E-state index in [2.05, 4.69) is 66.5 Å². The van der Waals surface area contributed by atoms with E-state index in [-0.39, 0.29) is 0 Å². The van der Waals surface area contributed by atoms with Crippen LogP contribution in [0.1, 0.15) is 29.5 Å². The molecule has 2 aromatic carbocycles.